The van der Waals surface area contributed by atoms with Crippen LogP contribution in [0.4, 0.5) is 0 Å². The fourth-order valence-corrected chi connectivity index (χ4v) is 2.27. The maximum atomic E-state index is 11.9. The molecule has 0 aliphatic heterocycles. The van der Waals surface area contributed by atoms with Crippen LogP contribution in [0.1, 0.15) is 58.3 Å². The average Bonchev–Trinajstić information content (AvgIpc) is 2.53. The molecule has 0 N–H and O–H groups in total. The molecule has 0 heterocycles. The van der Waals surface area contributed by atoms with Gasteiger partial charge in [-0.15, -0.1) is 0 Å². The predicted molar refractivity (Wildman–Crippen MR) is 61.9 cm³/mol. The van der Waals surface area contributed by atoms with Crippen molar-refractivity contribution < 1.29 is 9.53 Å². The minimum absolute atomic E-state index is 0.222. The van der Waals surface area contributed by atoms with Crippen LogP contribution < -0.4 is 0 Å². The predicted octanol–water partition coefficient (Wildman–Crippen LogP) is 3.34. The molecule has 15 heavy (non-hydrogen) atoms. The molecule has 1 saturated carbocycles. The van der Waals surface area contributed by atoms with Gasteiger partial charge >= 0.3 is 0 Å². The molecule has 1 fully saturated rings. The third-order valence-electron chi connectivity index (χ3n) is 3.51. The van der Waals surface area contributed by atoms with Crippen LogP contribution >= 0.6 is 0 Å². The van der Waals surface area contributed by atoms with Crippen molar-refractivity contribution in [1.82, 2.24) is 0 Å². The fraction of sp³-hybridized carbons (Fsp3) is 0.923. The molecular weight excluding hydrogens is 188 g/mol. The molecule has 0 amide bonds. The molecule has 0 bridgehead atoms. The van der Waals surface area contributed by atoms with E-state index in [0.29, 0.717) is 18.1 Å². The molecule has 0 spiro atoms. The first-order chi connectivity index (χ1) is 7.24. The maximum Gasteiger partial charge on any atom is 0.136 e. The number of hydrogen-bond acceptors (Lipinski definition) is 2. The van der Waals surface area contributed by atoms with E-state index in [1.54, 1.807) is 7.11 Å². The lowest BCUT2D eigenvalue weighted by Gasteiger charge is -2.14. The standard InChI is InChI=1S/C13H24O2/c1-11(15-2)9-10-13(14)12-7-5-3-4-6-8-12/h11-12H,3-10H2,1-2H3. The van der Waals surface area contributed by atoms with Gasteiger partial charge in [-0.2, -0.15) is 0 Å². The van der Waals surface area contributed by atoms with E-state index in [9.17, 15) is 4.79 Å². The Morgan fingerprint density at radius 3 is 2.40 bits per heavy atom. The number of hydrogen-bond donors (Lipinski definition) is 0. The second-order valence-electron chi connectivity index (χ2n) is 4.74. The van der Waals surface area contributed by atoms with Crippen molar-refractivity contribution in [2.75, 3.05) is 7.11 Å². The van der Waals surface area contributed by atoms with E-state index in [-0.39, 0.29) is 6.10 Å². The van der Waals surface area contributed by atoms with Crippen molar-refractivity contribution in [3.63, 3.8) is 0 Å². The zero-order valence-corrected chi connectivity index (χ0v) is 10.1. The van der Waals surface area contributed by atoms with E-state index in [0.717, 1.165) is 19.3 Å². The van der Waals surface area contributed by atoms with Crippen LogP contribution in [0.25, 0.3) is 0 Å². The van der Waals surface area contributed by atoms with Gasteiger partial charge in [0, 0.05) is 19.4 Å². The summed E-state index contributed by atoms with van der Waals surface area (Å²) in [6.07, 6.45) is 9.19. The van der Waals surface area contributed by atoms with Crippen molar-refractivity contribution in [2.45, 2.75) is 64.4 Å². The van der Waals surface area contributed by atoms with Crippen LogP contribution in [0.15, 0.2) is 0 Å². The van der Waals surface area contributed by atoms with E-state index in [1.807, 2.05) is 6.92 Å². The number of rotatable bonds is 5. The summed E-state index contributed by atoms with van der Waals surface area (Å²) >= 11 is 0. The third-order valence-corrected chi connectivity index (χ3v) is 3.51. The Balaban J connectivity index is 2.25. The maximum absolute atomic E-state index is 11.9. The highest BCUT2D eigenvalue weighted by Crippen LogP contribution is 2.25. The first-order valence-electron chi connectivity index (χ1n) is 6.29. The molecule has 2 heteroatoms. The van der Waals surface area contributed by atoms with Gasteiger partial charge in [-0.05, 0) is 26.2 Å². The molecule has 88 valence electrons. The number of carbonyl (C=O) groups excluding carboxylic acids is 1. The molecular formula is C13H24O2. The molecule has 0 radical (unpaired) electrons. The molecule has 0 saturated heterocycles. The van der Waals surface area contributed by atoms with Crippen molar-refractivity contribution in [3.05, 3.63) is 0 Å². The summed E-state index contributed by atoms with van der Waals surface area (Å²) in [6, 6.07) is 0. The second-order valence-corrected chi connectivity index (χ2v) is 4.74. The Hall–Kier alpha value is -0.370. The van der Waals surface area contributed by atoms with Crippen molar-refractivity contribution >= 4 is 5.78 Å². The molecule has 0 aromatic heterocycles. The second kappa shape index (κ2) is 7.00. The molecule has 0 aromatic rings. The minimum atomic E-state index is 0.222. The van der Waals surface area contributed by atoms with Crippen LogP contribution in [0.5, 0.6) is 0 Å². The highest BCUT2D eigenvalue weighted by atomic mass is 16.5. The number of Topliss-reactive ketones (excluding diaryl/α,β-unsaturated/α-hetero) is 1. The number of methoxy groups -OCH3 is 1. The number of carbonyl (C=O) groups is 1. The fourth-order valence-electron chi connectivity index (χ4n) is 2.27. The lowest BCUT2D eigenvalue weighted by atomic mass is 9.92. The first-order valence-corrected chi connectivity index (χ1v) is 6.29. The van der Waals surface area contributed by atoms with E-state index < -0.39 is 0 Å². The summed E-state index contributed by atoms with van der Waals surface area (Å²) in [5.74, 6) is 0.831. The van der Waals surface area contributed by atoms with Gasteiger partial charge in [0.1, 0.15) is 5.78 Å². The Morgan fingerprint density at radius 2 is 1.87 bits per heavy atom. The summed E-state index contributed by atoms with van der Waals surface area (Å²) < 4.78 is 5.16. The topological polar surface area (TPSA) is 26.3 Å². The molecule has 1 aliphatic rings. The van der Waals surface area contributed by atoms with Gasteiger partial charge in [-0.1, -0.05) is 25.7 Å². The number of ketones is 1. The molecule has 1 atom stereocenters. The Bertz CT molecular complexity index is 181. The van der Waals surface area contributed by atoms with E-state index >= 15 is 0 Å². The van der Waals surface area contributed by atoms with Crippen LogP contribution in [0.2, 0.25) is 0 Å². The van der Waals surface area contributed by atoms with Gasteiger partial charge in [-0.25, -0.2) is 0 Å². The van der Waals surface area contributed by atoms with Crippen molar-refractivity contribution in [3.8, 4) is 0 Å². The summed E-state index contributed by atoms with van der Waals surface area (Å²) in [5, 5.41) is 0. The highest BCUT2D eigenvalue weighted by Gasteiger charge is 2.19. The average molecular weight is 212 g/mol. The molecule has 0 aromatic carbocycles. The molecule has 1 unspecified atom stereocenters. The van der Waals surface area contributed by atoms with Gasteiger partial charge in [0.25, 0.3) is 0 Å². The zero-order chi connectivity index (χ0) is 11.1. The monoisotopic (exact) mass is 212 g/mol. The zero-order valence-electron chi connectivity index (χ0n) is 10.1. The van der Waals surface area contributed by atoms with Crippen LogP contribution in [0.3, 0.4) is 0 Å². The van der Waals surface area contributed by atoms with Gasteiger partial charge in [0.2, 0.25) is 0 Å². The van der Waals surface area contributed by atoms with Crippen molar-refractivity contribution in [2.24, 2.45) is 5.92 Å². The van der Waals surface area contributed by atoms with Gasteiger partial charge in [0.15, 0.2) is 0 Å². The lowest BCUT2D eigenvalue weighted by molar-refractivity contribution is -0.123. The largest absolute Gasteiger partial charge is 0.382 e. The molecule has 1 aliphatic carbocycles. The Morgan fingerprint density at radius 1 is 1.27 bits per heavy atom. The van der Waals surface area contributed by atoms with Crippen molar-refractivity contribution in [1.29, 1.82) is 0 Å². The Labute approximate surface area is 93.4 Å². The quantitative estimate of drug-likeness (QED) is 0.653. The molecule has 2 nitrogen and oxygen atoms in total. The van der Waals surface area contributed by atoms with Gasteiger partial charge < -0.3 is 4.74 Å². The van der Waals surface area contributed by atoms with E-state index in [2.05, 4.69) is 0 Å². The van der Waals surface area contributed by atoms with Crippen LogP contribution in [-0.2, 0) is 9.53 Å². The normalized spacial score (nSPS) is 20.9. The third kappa shape index (κ3) is 4.78. The van der Waals surface area contributed by atoms with E-state index in [1.165, 1.54) is 25.7 Å². The Kier molecular flexibility index (Phi) is 5.92. The van der Waals surface area contributed by atoms with Gasteiger partial charge in [-0.3, -0.25) is 4.79 Å². The highest BCUT2D eigenvalue weighted by molar-refractivity contribution is 5.80. The van der Waals surface area contributed by atoms with Gasteiger partial charge in [0.05, 0.1) is 6.10 Å². The first kappa shape index (κ1) is 12.7. The SMILES string of the molecule is COC(C)CCC(=O)C1CCCCCC1. The summed E-state index contributed by atoms with van der Waals surface area (Å²) in [7, 11) is 1.71. The lowest BCUT2D eigenvalue weighted by Crippen LogP contribution is -2.16. The summed E-state index contributed by atoms with van der Waals surface area (Å²) in [5.41, 5.74) is 0. The smallest absolute Gasteiger partial charge is 0.136 e. The summed E-state index contributed by atoms with van der Waals surface area (Å²) in [4.78, 5) is 11.9. The number of ether oxygens (including phenoxy) is 1. The summed E-state index contributed by atoms with van der Waals surface area (Å²) in [6.45, 7) is 2.03. The van der Waals surface area contributed by atoms with Crippen LogP contribution in [0, 0.1) is 5.92 Å². The minimum Gasteiger partial charge on any atom is -0.382 e. The van der Waals surface area contributed by atoms with Crippen LogP contribution in [-0.4, -0.2) is 19.0 Å². The molecule has 1 rings (SSSR count). The van der Waals surface area contributed by atoms with E-state index in [4.69, 9.17) is 4.74 Å².